The number of carbonyl (C=O) groups excluding carboxylic acids is 2. The van der Waals surface area contributed by atoms with E-state index in [0.29, 0.717) is 55.1 Å². The molecule has 3 N–H and O–H groups in total. The van der Waals surface area contributed by atoms with Gasteiger partial charge in [-0.05, 0) is 93.5 Å². The van der Waals surface area contributed by atoms with Crippen molar-refractivity contribution in [3.63, 3.8) is 0 Å². The van der Waals surface area contributed by atoms with Crippen LogP contribution in [-0.4, -0.2) is 83.0 Å². The molecule has 3 saturated heterocycles. The van der Waals surface area contributed by atoms with Crippen molar-refractivity contribution in [1.82, 2.24) is 20.3 Å². The third kappa shape index (κ3) is 6.18. The second-order valence-electron chi connectivity index (χ2n) is 16.8. The molecule has 9 rings (SSSR count). The molecule has 0 radical (unpaired) electrons. The summed E-state index contributed by atoms with van der Waals surface area (Å²) in [6.45, 7) is 8.10. The van der Waals surface area contributed by atoms with Gasteiger partial charge in [-0.2, -0.15) is 0 Å². The normalized spacial score (nSPS) is 24.6. The lowest BCUT2D eigenvalue weighted by molar-refractivity contribution is -0.145. The quantitative estimate of drug-likeness (QED) is 0.148. The largest absolute Gasteiger partial charge is 0.432 e. The molecular weight excluding hydrogens is 747 g/mol. The molecule has 13 heteroatoms. The van der Waals surface area contributed by atoms with Gasteiger partial charge in [0.15, 0.2) is 13.9 Å². The van der Waals surface area contributed by atoms with Crippen molar-refractivity contribution in [1.29, 1.82) is 0 Å². The third-order valence-electron chi connectivity index (χ3n) is 13.1. The Morgan fingerprint density at radius 3 is 2.19 bits per heavy atom. The molecule has 12 nitrogen and oxygen atoms in total. The van der Waals surface area contributed by atoms with Gasteiger partial charge < -0.3 is 24.9 Å². The number of nitrogens with one attached hydrogen (secondary N) is 1. The summed E-state index contributed by atoms with van der Waals surface area (Å²) in [5.41, 5.74) is 3.07. The number of para-hydroxylation sites is 2. The first-order valence-electron chi connectivity index (χ1n) is 20.4. The van der Waals surface area contributed by atoms with Crippen LogP contribution in [0.25, 0.3) is 0 Å². The molecule has 4 aliphatic rings. The zero-order chi connectivity index (χ0) is 40.2. The van der Waals surface area contributed by atoms with Gasteiger partial charge in [-0.3, -0.25) is 24.1 Å². The van der Waals surface area contributed by atoms with E-state index in [1.165, 1.54) is 0 Å². The maximum absolute atomic E-state index is 15.3. The van der Waals surface area contributed by atoms with E-state index >= 15 is 4.79 Å². The first-order chi connectivity index (χ1) is 28.1. The van der Waals surface area contributed by atoms with Gasteiger partial charge in [0.2, 0.25) is 0 Å². The molecule has 1 unspecified atom stereocenters. The Balaban J connectivity index is 1.09. The average Bonchev–Trinajstić information content (AvgIpc) is 3.97. The average molecular weight is 798 g/mol. The van der Waals surface area contributed by atoms with Crippen LogP contribution in [0.1, 0.15) is 48.9 Å². The molecule has 4 aliphatic heterocycles. The second-order valence-corrected chi connectivity index (χ2v) is 20.8. The number of aryl methyl sites for hydroxylation is 1. The van der Waals surface area contributed by atoms with Crippen LogP contribution in [0, 0.1) is 5.92 Å². The number of anilines is 4. The Hall–Kier alpha value is -5.18. The smallest absolute Gasteiger partial charge is 0.268 e. The monoisotopic (exact) mass is 797 g/mol. The standard InChI is InChI=1S/C45H51N7O5Si/c1-31-41(58(2,3)56)40(21-26-49-28-38(47-48-49)36(29-53)32-13-7-4-8-14-32)57-45(31)37-27-35(19-20-39(37)52(43(45)55)34-17-11-6-12-18-34)50-30-51(33-15-9-5-10-16-33)44(42(50)54)22-24-46-25-23-44/h4-20,27-28,31,36,40-41,46,53,56H,21-26,29-30H2,1-3H3/t31-,36?,40+,41-,45+/m1/s1. The topological polar surface area (TPSA) is 136 Å². The first kappa shape index (κ1) is 38.3. The number of aliphatic hydroxyl groups is 1. The minimum absolute atomic E-state index is 0.0547. The van der Waals surface area contributed by atoms with Crippen molar-refractivity contribution >= 4 is 42.9 Å². The number of piperidine rings is 1. The molecule has 5 aromatic rings. The molecule has 300 valence electrons. The van der Waals surface area contributed by atoms with Crippen LogP contribution >= 0.6 is 0 Å². The van der Waals surface area contributed by atoms with E-state index in [4.69, 9.17) is 4.74 Å². The third-order valence-corrected chi connectivity index (χ3v) is 15.6. The van der Waals surface area contributed by atoms with E-state index in [1.54, 1.807) is 9.58 Å². The lowest BCUT2D eigenvalue weighted by Crippen LogP contribution is -2.55. The van der Waals surface area contributed by atoms with Crippen molar-refractivity contribution in [3.05, 3.63) is 132 Å². The Morgan fingerprint density at radius 2 is 1.53 bits per heavy atom. The summed E-state index contributed by atoms with van der Waals surface area (Å²) in [6, 6.07) is 35.4. The second kappa shape index (κ2) is 14.9. The fraction of sp³-hybridized carbons (Fsp3) is 0.378. The summed E-state index contributed by atoms with van der Waals surface area (Å²) >= 11 is 0. The van der Waals surface area contributed by atoms with Gasteiger partial charge in [0.05, 0.1) is 36.7 Å². The van der Waals surface area contributed by atoms with Gasteiger partial charge in [0, 0.05) is 46.8 Å². The molecule has 1 aromatic heterocycles. The number of hydrogen-bond donors (Lipinski definition) is 3. The van der Waals surface area contributed by atoms with Crippen molar-refractivity contribution < 1.29 is 24.2 Å². The molecule has 5 heterocycles. The van der Waals surface area contributed by atoms with Crippen molar-refractivity contribution in [2.75, 3.05) is 41.1 Å². The molecule has 2 amide bonds. The van der Waals surface area contributed by atoms with Crippen LogP contribution in [0.2, 0.25) is 18.6 Å². The molecule has 2 spiro atoms. The number of nitrogens with zero attached hydrogens (tertiary/aromatic N) is 6. The van der Waals surface area contributed by atoms with Gasteiger partial charge in [0.25, 0.3) is 11.8 Å². The number of rotatable bonds is 10. The van der Waals surface area contributed by atoms with Gasteiger partial charge in [-0.15, -0.1) is 5.10 Å². The molecule has 0 bridgehead atoms. The predicted octanol–water partition coefficient (Wildman–Crippen LogP) is 5.90. The molecule has 5 atom stereocenters. The van der Waals surface area contributed by atoms with E-state index in [2.05, 4.69) is 32.7 Å². The van der Waals surface area contributed by atoms with E-state index in [1.807, 2.05) is 128 Å². The maximum Gasteiger partial charge on any atom is 0.268 e. The van der Waals surface area contributed by atoms with Crippen LogP contribution in [0.15, 0.2) is 115 Å². The summed E-state index contributed by atoms with van der Waals surface area (Å²) in [4.78, 5) is 48.0. The maximum atomic E-state index is 15.3. The highest BCUT2D eigenvalue weighted by Gasteiger charge is 2.66. The number of fused-ring (bicyclic) bond motifs is 2. The van der Waals surface area contributed by atoms with Crippen LogP contribution in [0.4, 0.5) is 22.7 Å². The molecule has 0 saturated carbocycles. The Kier molecular flexibility index (Phi) is 9.84. The van der Waals surface area contributed by atoms with Crippen LogP contribution < -0.4 is 20.0 Å². The first-order valence-corrected chi connectivity index (χ1v) is 23.4. The molecule has 58 heavy (non-hydrogen) atoms. The molecule has 0 aliphatic carbocycles. The van der Waals surface area contributed by atoms with Crippen molar-refractivity contribution in [2.24, 2.45) is 5.92 Å². The van der Waals surface area contributed by atoms with Gasteiger partial charge in [0.1, 0.15) is 5.54 Å². The van der Waals surface area contributed by atoms with Crippen LogP contribution in [-0.2, 0) is 26.5 Å². The van der Waals surface area contributed by atoms with E-state index in [9.17, 15) is 14.7 Å². The molecular formula is C45H51N7O5Si. The fourth-order valence-electron chi connectivity index (χ4n) is 10.3. The molecule has 4 aromatic carbocycles. The van der Waals surface area contributed by atoms with Crippen molar-refractivity contribution in [3.8, 4) is 0 Å². The highest BCUT2D eigenvalue weighted by Crippen LogP contribution is 2.61. The Labute approximate surface area is 340 Å². The number of amides is 2. The number of carbonyl (C=O) groups is 2. The summed E-state index contributed by atoms with van der Waals surface area (Å²) in [6.07, 6.45) is 3.23. The van der Waals surface area contributed by atoms with Crippen molar-refractivity contribution in [2.45, 2.75) is 74.5 Å². The highest BCUT2D eigenvalue weighted by atomic mass is 28.4. The fourth-order valence-corrected chi connectivity index (χ4v) is 12.9. The van der Waals surface area contributed by atoms with Crippen LogP contribution in [0.3, 0.4) is 0 Å². The van der Waals surface area contributed by atoms with Crippen LogP contribution in [0.5, 0.6) is 0 Å². The highest BCUT2D eigenvalue weighted by molar-refractivity contribution is 6.71. The van der Waals surface area contributed by atoms with E-state index in [-0.39, 0.29) is 29.9 Å². The summed E-state index contributed by atoms with van der Waals surface area (Å²) < 4.78 is 8.98. The Morgan fingerprint density at radius 1 is 0.879 bits per heavy atom. The Bertz CT molecular complexity index is 2280. The molecule has 3 fully saturated rings. The van der Waals surface area contributed by atoms with Gasteiger partial charge in [-0.1, -0.05) is 78.9 Å². The van der Waals surface area contributed by atoms with Gasteiger partial charge in [-0.25, -0.2) is 0 Å². The lowest BCUT2D eigenvalue weighted by Gasteiger charge is -2.39. The summed E-state index contributed by atoms with van der Waals surface area (Å²) in [5, 5.41) is 22.6. The summed E-state index contributed by atoms with van der Waals surface area (Å²) in [7, 11) is -2.97. The number of aliphatic hydroxyl groups excluding tert-OH is 1. The summed E-state index contributed by atoms with van der Waals surface area (Å²) in [5.74, 6) is -0.850. The lowest BCUT2D eigenvalue weighted by atomic mass is 9.82. The SMILES string of the molecule is C[C@@H]1[C@@H]([Si](C)(C)O)[C@H](CCn2cc(C(CO)c3ccccc3)nn2)O[C@@]12C(=O)N(c1ccccc1)c1ccc(N3CN(c4ccccc4)C4(CCNCC4)C3=O)cc12. The van der Waals surface area contributed by atoms with Gasteiger partial charge >= 0.3 is 0 Å². The zero-order valence-corrected chi connectivity index (χ0v) is 34.2. The minimum atomic E-state index is -2.97. The number of benzene rings is 4. The number of hydrogen-bond acceptors (Lipinski definition) is 9. The minimum Gasteiger partial charge on any atom is -0.432 e. The van der Waals surface area contributed by atoms with E-state index in [0.717, 1.165) is 30.0 Å². The number of aromatic nitrogens is 3. The predicted molar refractivity (Wildman–Crippen MR) is 225 cm³/mol. The number of ether oxygens (including phenoxy) is 1. The van der Waals surface area contributed by atoms with E-state index < -0.39 is 31.5 Å². The zero-order valence-electron chi connectivity index (χ0n) is 33.2.